The van der Waals surface area contributed by atoms with Crippen LogP contribution in [-0.4, -0.2) is 38.6 Å². The molecule has 0 aromatic heterocycles. The number of rotatable bonds is 4. The van der Waals surface area contributed by atoms with E-state index >= 15 is 0 Å². The summed E-state index contributed by atoms with van der Waals surface area (Å²) >= 11 is 5.96. The van der Waals surface area contributed by atoms with Gasteiger partial charge in [0.1, 0.15) is 0 Å². The van der Waals surface area contributed by atoms with Crippen LogP contribution in [0.2, 0.25) is 5.02 Å². The molecule has 0 aliphatic carbocycles. The molecule has 0 atom stereocenters. The summed E-state index contributed by atoms with van der Waals surface area (Å²) in [5.41, 5.74) is 0.225. The lowest BCUT2D eigenvalue weighted by Gasteiger charge is -2.19. The lowest BCUT2D eigenvalue weighted by Crippen LogP contribution is -2.30. The number of hydrogen-bond acceptors (Lipinski definition) is 3. The van der Waals surface area contributed by atoms with Crippen molar-refractivity contribution in [2.45, 2.75) is 18.7 Å². The summed E-state index contributed by atoms with van der Waals surface area (Å²) < 4.78 is 22.9. The number of hydrogen-bond donors (Lipinski definition) is 0. The molecule has 6 heteroatoms. The average molecular weight is 290 g/mol. The van der Waals surface area contributed by atoms with E-state index in [1.54, 1.807) is 4.90 Å². The summed E-state index contributed by atoms with van der Waals surface area (Å²) in [7, 11) is -3.34. The van der Waals surface area contributed by atoms with E-state index in [1.807, 2.05) is 13.8 Å². The van der Waals surface area contributed by atoms with Crippen LogP contribution in [0.1, 0.15) is 24.2 Å². The molecule has 4 nitrogen and oxygen atoms in total. The van der Waals surface area contributed by atoms with Crippen LogP contribution in [0.25, 0.3) is 0 Å². The molecule has 100 valence electrons. The van der Waals surface area contributed by atoms with Gasteiger partial charge >= 0.3 is 0 Å². The number of halogens is 1. The third-order valence-corrected chi connectivity index (χ3v) is 4.09. The van der Waals surface area contributed by atoms with Crippen LogP contribution in [0.5, 0.6) is 0 Å². The Hall–Kier alpha value is -1.07. The van der Waals surface area contributed by atoms with E-state index < -0.39 is 9.84 Å². The molecule has 0 aliphatic rings. The van der Waals surface area contributed by atoms with E-state index in [-0.39, 0.29) is 21.4 Å². The molecule has 1 amide bonds. The van der Waals surface area contributed by atoms with Gasteiger partial charge < -0.3 is 4.90 Å². The maximum Gasteiger partial charge on any atom is 0.255 e. The van der Waals surface area contributed by atoms with Gasteiger partial charge in [0.15, 0.2) is 9.84 Å². The number of carbonyl (C=O) groups excluding carboxylic acids is 1. The summed E-state index contributed by atoms with van der Waals surface area (Å²) in [4.78, 5) is 13.8. The van der Waals surface area contributed by atoms with E-state index in [0.29, 0.717) is 13.1 Å². The maximum absolute atomic E-state index is 12.2. The molecule has 0 aliphatic heterocycles. The van der Waals surface area contributed by atoms with Crippen LogP contribution in [0, 0.1) is 0 Å². The average Bonchev–Trinajstić information content (AvgIpc) is 2.29. The van der Waals surface area contributed by atoms with Gasteiger partial charge in [-0.2, -0.15) is 0 Å². The zero-order valence-corrected chi connectivity index (χ0v) is 12.2. The Bertz CT molecular complexity index is 550. The number of amides is 1. The fourth-order valence-electron chi connectivity index (χ4n) is 1.58. The molecular weight excluding hydrogens is 274 g/mol. The molecule has 0 N–H and O–H groups in total. The lowest BCUT2D eigenvalue weighted by molar-refractivity contribution is 0.0773. The third-order valence-electron chi connectivity index (χ3n) is 2.65. The molecule has 0 fully saturated rings. The third kappa shape index (κ3) is 3.23. The Kier molecular flexibility index (Phi) is 4.76. The summed E-state index contributed by atoms with van der Waals surface area (Å²) in [5.74, 6) is -0.254. The van der Waals surface area contributed by atoms with Gasteiger partial charge in [-0.25, -0.2) is 8.42 Å². The van der Waals surface area contributed by atoms with E-state index in [1.165, 1.54) is 18.2 Å². The molecule has 1 rings (SSSR count). The molecule has 18 heavy (non-hydrogen) atoms. The largest absolute Gasteiger partial charge is 0.339 e. The molecule has 0 heterocycles. The van der Waals surface area contributed by atoms with Gasteiger partial charge in [-0.3, -0.25) is 4.79 Å². The van der Waals surface area contributed by atoms with Crippen molar-refractivity contribution in [1.82, 2.24) is 4.90 Å². The number of carbonyl (C=O) groups is 1. The standard InChI is InChI=1S/C12H16ClNO3S/c1-4-14(5-2)12(15)10-8-9(18(3,16)17)6-7-11(10)13/h6-8H,4-5H2,1-3H3. The summed E-state index contributed by atoms with van der Waals surface area (Å²) in [6.45, 7) is 4.81. The summed E-state index contributed by atoms with van der Waals surface area (Å²) in [5, 5.41) is 0.263. The molecule has 0 saturated carbocycles. The second-order valence-corrected chi connectivity index (χ2v) is 6.31. The van der Waals surface area contributed by atoms with Gasteiger partial charge in [-0.05, 0) is 32.0 Å². The van der Waals surface area contributed by atoms with Crippen molar-refractivity contribution in [2.24, 2.45) is 0 Å². The zero-order valence-electron chi connectivity index (χ0n) is 10.6. The summed E-state index contributed by atoms with van der Waals surface area (Å²) in [6.07, 6.45) is 1.10. The van der Waals surface area contributed by atoms with Crippen LogP contribution in [0.4, 0.5) is 0 Å². The van der Waals surface area contributed by atoms with E-state index in [9.17, 15) is 13.2 Å². The van der Waals surface area contributed by atoms with Crippen molar-refractivity contribution in [1.29, 1.82) is 0 Å². The first-order valence-electron chi connectivity index (χ1n) is 5.60. The molecular formula is C12H16ClNO3S. The van der Waals surface area contributed by atoms with Gasteiger partial charge in [-0.1, -0.05) is 11.6 Å². The van der Waals surface area contributed by atoms with Gasteiger partial charge in [0.05, 0.1) is 15.5 Å². The lowest BCUT2D eigenvalue weighted by atomic mass is 10.2. The first kappa shape index (κ1) is 15.0. The Labute approximate surface area is 112 Å². The highest BCUT2D eigenvalue weighted by Gasteiger charge is 2.18. The molecule has 0 bridgehead atoms. The second-order valence-electron chi connectivity index (χ2n) is 3.89. The molecule has 0 radical (unpaired) electrons. The minimum absolute atomic E-state index is 0.0995. The van der Waals surface area contributed by atoms with Crippen molar-refractivity contribution in [3.05, 3.63) is 28.8 Å². The predicted octanol–water partition coefficient (Wildman–Crippen LogP) is 2.23. The molecule has 0 saturated heterocycles. The topological polar surface area (TPSA) is 54.5 Å². The monoisotopic (exact) mass is 289 g/mol. The number of sulfone groups is 1. The van der Waals surface area contributed by atoms with Crippen molar-refractivity contribution >= 4 is 27.3 Å². The van der Waals surface area contributed by atoms with Crippen LogP contribution in [-0.2, 0) is 9.84 Å². The second kappa shape index (κ2) is 5.71. The van der Waals surface area contributed by atoms with Crippen molar-refractivity contribution in [2.75, 3.05) is 19.3 Å². The van der Waals surface area contributed by atoms with E-state index in [2.05, 4.69) is 0 Å². The van der Waals surface area contributed by atoms with Crippen molar-refractivity contribution in [3.8, 4) is 0 Å². The SMILES string of the molecule is CCN(CC)C(=O)c1cc(S(C)(=O)=O)ccc1Cl. The zero-order chi connectivity index (χ0) is 13.9. The quantitative estimate of drug-likeness (QED) is 0.854. The van der Waals surface area contributed by atoms with Gasteiger partial charge in [0.25, 0.3) is 5.91 Å². The van der Waals surface area contributed by atoms with Crippen LogP contribution >= 0.6 is 11.6 Å². The Balaban J connectivity index is 3.28. The van der Waals surface area contributed by atoms with E-state index in [4.69, 9.17) is 11.6 Å². The Morgan fingerprint density at radius 1 is 1.28 bits per heavy atom. The van der Waals surface area contributed by atoms with E-state index in [0.717, 1.165) is 6.26 Å². The van der Waals surface area contributed by atoms with Crippen LogP contribution < -0.4 is 0 Å². The highest BCUT2D eigenvalue weighted by Crippen LogP contribution is 2.22. The van der Waals surface area contributed by atoms with Crippen LogP contribution in [0.3, 0.4) is 0 Å². The molecule has 0 spiro atoms. The van der Waals surface area contributed by atoms with Gasteiger partial charge in [0.2, 0.25) is 0 Å². The van der Waals surface area contributed by atoms with Crippen molar-refractivity contribution in [3.63, 3.8) is 0 Å². The molecule has 0 unspecified atom stereocenters. The van der Waals surface area contributed by atoms with Crippen LogP contribution in [0.15, 0.2) is 23.1 Å². The highest BCUT2D eigenvalue weighted by molar-refractivity contribution is 7.90. The molecule has 1 aromatic carbocycles. The minimum Gasteiger partial charge on any atom is -0.339 e. The Morgan fingerprint density at radius 2 is 1.83 bits per heavy atom. The fourth-order valence-corrected chi connectivity index (χ4v) is 2.43. The summed E-state index contributed by atoms with van der Waals surface area (Å²) in [6, 6.07) is 4.17. The first-order valence-corrected chi connectivity index (χ1v) is 7.87. The smallest absolute Gasteiger partial charge is 0.255 e. The normalized spacial score (nSPS) is 11.3. The van der Waals surface area contributed by atoms with Gasteiger partial charge in [0, 0.05) is 19.3 Å². The maximum atomic E-state index is 12.2. The number of nitrogens with zero attached hydrogens (tertiary/aromatic N) is 1. The predicted molar refractivity (Wildman–Crippen MR) is 71.8 cm³/mol. The first-order chi connectivity index (χ1) is 8.31. The molecule has 1 aromatic rings. The van der Waals surface area contributed by atoms with Gasteiger partial charge in [-0.15, -0.1) is 0 Å². The van der Waals surface area contributed by atoms with Crippen molar-refractivity contribution < 1.29 is 13.2 Å². The number of benzene rings is 1. The Morgan fingerprint density at radius 3 is 2.28 bits per heavy atom. The minimum atomic E-state index is -3.34. The fraction of sp³-hybridized carbons (Fsp3) is 0.417. The highest BCUT2D eigenvalue weighted by atomic mass is 35.5.